The number of aromatic nitrogens is 3. The zero-order valence-electron chi connectivity index (χ0n) is 15.8. The van der Waals surface area contributed by atoms with Gasteiger partial charge in [0.15, 0.2) is 5.65 Å². The summed E-state index contributed by atoms with van der Waals surface area (Å²) in [7, 11) is 0. The molecule has 1 aliphatic heterocycles. The Morgan fingerprint density at radius 2 is 2.17 bits per heavy atom. The molecule has 3 N–H and O–H groups in total. The highest BCUT2D eigenvalue weighted by Crippen LogP contribution is 2.37. The fourth-order valence-corrected chi connectivity index (χ4v) is 3.78. The van der Waals surface area contributed by atoms with Gasteiger partial charge in [0.2, 0.25) is 5.91 Å². The van der Waals surface area contributed by atoms with E-state index in [1.54, 1.807) is 12.3 Å². The summed E-state index contributed by atoms with van der Waals surface area (Å²) in [4.78, 5) is 18.0. The molecule has 4 rings (SSSR count). The van der Waals surface area contributed by atoms with Gasteiger partial charge in [-0.15, -0.1) is 0 Å². The third-order valence-electron chi connectivity index (χ3n) is 5.36. The van der Waals surface area contributed by atoms with Crippen LogP contribution in [0, 0.1) is 11.6 Å². The maximum absolute atomic E-state index is 14.3. The second kappa shape index (κ2) is 7.07. The number of nitrogens with zero attached hydrogens (tertiary/aromatic N) is 4. The van der Waals surface area contributed by atoms with Crippen molar-refractivity contribution >= 4 is 17.4 Å². The fraction of sp³-hybridized carbons (Fsp3) is 0.350. The third kappa shape index (κ3) is 3.53. The second-order valence-corrected chi connectivity index (χ2v) is 7.56. The normalized spacial score (nSPS) is 18.9. The molecule has 0 spiro atoms. The van der Waals surface area contributed by atoms with Crippen LogP contribution in [0.15, 0.2) is 36.7 Å². The lowest BCUT2D eigenvalue weighted by Crippen LogP contribution is -2.42. The number of hydrogen-bond acceptors (Lipinski definition) is 5. The number of aliphatic hydroxyl groups is 1. The van der Waals surface area contributed by atoms with Crippen molar-refractivity contribution in [3.8, 4) is 0 Å². The molecule has 2 aromatic heterocycles. The van der Waals surface area contributed by atoms with Crippen molar-refractivity contribution in [3.63, 3.8) is 0 Å². The molecule has 1 aliphatic rings. The van der Waals surface area contributed by atoms with E-state index in [-0.39, 0.29) is 12.5 Å². The van der Waals surface area contributed by atoms with Crippen LogP contribution in [0.25, 0.3) is 5.65 Å². The zero-order chi connectivity index (χ0) is 20.8. The number of rotatable bonds is 5. The van der Waals surface area contributed by atoms with Gasteiger partial charge in [-0.3, -0.25) is 4.79 Å². The quantitative estimate of drug-likeness (QED) is 0.683. The minimum atomic E-state index is -1.73. The van der Waals surface area contributed by atoms with Crippen molar-refractivity contribution in [3.05, 3.63) is 59.4 Å². The first-order chi connectivity index (χ1) is 13.8. The first-order valence-corrected chi connectivity index (χ1v) is 9.33. The summed E-state index contributed by atoms with van der Waals surface area (Å²) >= 11 is 0. The average Bonchev–Trinajstić information content (AvgIpc) is 3.30. The van der Waals surface area contributed by atoms with Crippen LogP contribution in [-0.4, -0.2) is 37.8 Å². The number of carbonyl (C=O) groups excluding carboxylic acids is 1. The Labute approximate surface area is 165 Å². The van der Waals surface area contributed by atoms with Crippen molar-refractivity contribution in [2.24, 2.45) is 5.73 Å². The van der Waals surface area contributed by atoms with Crippen molar-refractivity contribution in [1.82, 2.24) is 14.6 Å². The average molecular weight is 401 g/mol. The molecule has 152 valence electrons. The Bertz CT molecular complexity index is 1080. The van der Waals surface area contributed by atoms with Crippen molar-refractivity contribution < 1.29 is 18.7 Å². The molecule has 1 saturated heterocycles. The van der Waals surface area contributed by atoms with Gasteiger partial charge < -0.3 is 15.7 Å². The summed E-state index contributed by atoms with van der Waals surface area (Å²) in [5, 5.41) is 14.4. The molecule has 29 heavy (non-hydrogen) atoms. The molecule has 1 amide bonds. The number of primary amides is 1. The summed E-state index contributed by atoms with van der Waals surface area (Å²) in [6.07, 6.45) is 4.69. The number of fused-ring (bicyclic) bond motifs is 1. The number of benzene rings is 1. The molecule has 3 heterocycles. The molecular formula is C20H21F2N5O2. The fourth-order valence-electron chi connectivity index (χ4n) is 3.78. The van der Waals surface area contributed by atoms with Crippen LogP contribution in [0.3, 0.4) is 0 Å². The van der Waals surface area contributed by atoms with Gasteiger partial charge in [0.1, 0.15) is 23.1 Å². The Morgan fingerprint density at radius 1 is 1.38 bits per heavy atom. The molecule has 1 fully saturated rings. The van der Waals surface area contributed by atoms with E-state index < -0.39 is 23.1 Å². The van der Waals surface area contributed by atoms with Crippen LogP contribution in [0.4, 0.5) is 14.6 Å². The monoisotopic (exact) mass is 401 g/mol. The van der Waals surface area contributed by atoms with Gasteiger partial charge in [-0.1, -0.05) is 0 Å². The summed E-state index contributed by atoms with van der Waals surface area (Å²) in [6.45, 7) is 1.98. The van der Waals surface area contributed by atoms with E-state index in [9.17, 15) is 18.7 Å². The van der Waals surface area contributed by atoms with Crippen LogP contribution < -0.4 is 10.6 Å². The van der Waals surface area contributed by atoms with Gasteiger partial charge >= 0.3 is 0 Å². The maximum Gasteiger partial charge on any atom is 0.249 e. The molecule has 1 unspecified atom stereocenters. The standard InChI is InChI=1S/C20H21F2N5O2/c1-20(29,19(23)28)10-12-11-24-27-8-6-17(25-18(12)27)26-7-2-3-16(26)14-9-13(21)4-5-15(14)22/h4-6,8-9,11,16,29H,2-3,7,10H2,1H3,(H2,23,28)/t16?,20-/m1/s1. The topological polar surface area (TPSA) is 96.8 Å². The highest BCUT2D eigenvalue weighted by molar-refractivity contribution is 5.83. The van der Waals surface area contributed by atoms with Crippen molar-refractivity contribution in [1.29, 1.82) is 0 Å². The van der Waals surface area contributed by atoms with Crippen LogP contribution in [0.1, 0.15) is 36.9 Å². The van der Waals surface area contributed by atoms with Crippen molar-refractivity contribution in [2.75, 3.05) is 11.4 Å². The highest BCUT2D eigenvalue weighted by Gasteiger charge is 2.32. The van der Waals surface area contributed by atoms with Gasteiger partial charge in [-0.25, -0.2) is 18.3 Å². The van der Waals surface area contributed by atoms with E-state index in [1.807, 2.05) is 4.90 Å². The molecule has 7 nitrogen and oxygen atoms in total. The Balaban J connectivity index is 1.71. The van der Waals surface area contributed by atoms with Gasteiger partial charge in [0, 0.05) is 30.3 Å². The molecule has 0 bridgehead atoms. The number of hydrogen-bond donors (Lipinski definition) is 2. The van der Waals surface area contributed by atoms with Crippen LogP contribution in [0.2, 0.25) is 0 Å². The van der Waals surface area contributed by atoms with Gasteiger partial charge in [0.05, 0.1) is 12.2 Å². The predicted octanol–water partition coefficient (Wildman–Crippen LogP) is 2.13. The van der Waals surface area contributed by atoms with Crippen LogP contribution >= 0.6 is 0 Å². The summed E-state index contributed by atoms with van der Waals surface area (Å²) in [5.41, 5.74) is 4.85. The summed E-state index contributed by atoms with van der Waals surface area (Å²) < 4.78 is 29.6. The molecule has 0 saturated carbocycles. The summed E-state index contributed by atoms with van der Waals surface area (Å²) in [5.74, 6) is -1.19. The molecule has 3 aromatic rings. The summed E-state index contributed by atoms with van der Waals surface area (Å²) in [6, 6.07) is 4.89. The molecule has 9 heteroatoms. The maximum atomic E-state index is 14.3. The molecule has 0 radical (unpaired) electrons. The SMILES string of the molecule is C[C@@](O)(Cc1cnn2ccc(N3CCCC3c3cc(F)ccc3F)nc12)C(N)=O. The Hall–Kier alpha value is -3.07. The first kappa shape index (κ1) is 19.3. The molecule has 1 aromatic carbocycles. The second-order valence-electron chi connectivity index (χ2n) is 7.56. The first-order valence-electron chi connectivity index (χ1n) is 9.33. The van der Waals surface area contributed by atoms with Gasteiger partial charge in [-0.2, -0.15) is 5.10 Å². The number of nitrogens with two attached hydrogens (primary N) is 1. The number of amides is 1. The minimum absolute atomic E-state index is 0.0375. The van der Waals surface area contributed by atoms with Gasteiger partial charge in [0.25, 0.3) is 0 Å². The van der Waals surface area contributed by atoms with E-state index >= 15 is 0 Å². The van der Waals surface area contributed by atoms with E-state index in [4.69, 9.17) is 5.73 Å². The number of anilines is 1. The molecule has 2 atom stereocenters. The minimum Gasteiger partial charge on any atom is -0.380 e. The number of carbonyl (C=O) groups is 1. The van der Waals surface area contributed by atoms with Crippen LogP contribution in [0.5, 0.6) is 0 Å². The third-order valence-corrected chi connectivity index (χ3v) is 5.36. The van der Waals surface area contributed by atoms with E-state index in [0.29, 0.717) is 35.6 Å². The predicted molar refractivity (Wildman–Crippen MR) is 102 cm³/mol. The lowest BCUT2D eigenvalue weighted by atomic mass is 9.98. The highest BCUT2D eigenvalue weighted by atomic mass is 19.1. The van der Waals surface area contributed by atoms with Gasteiger partial charge in [-0.05, 0) is 44.0 Å². The van der Waals surface area contributed by atoms with Crippen LogP contribution in [-0.2, 0) is 11.2 Å². The van der Waals surface area contributed by atoms with Crippen molar-refractivity contribution in [2.45, 2.75) is 37.8 Å². The molecule has 0 aliphatic carbocycles. The zero-order valence-corrected chi connectivity index (χ0v) is 15.8. The number of halogens is 2. The molecular weight excluding hydrogens is 380 g/mol. The van der Waals surface area contributed by atoms with E-state index in [2.05, 4.69) is 10.1 Å². The largest absolute Gasteiger partial charge is 0.380 e. The smallest absolute Gasteiger partial charge is 0.249 e. The van der Waals surface area contributed by atoms with E-state index in [1.165, 1.54) is 23.7 Å². The Morgan fingerprint density at radius 3 is 2.93 bits per heavy atom. The van der Waals surface area contributed by atoms with E-state index in [0.717, 1.165) is 18.6 Å². The lowest BCUT2D eigenvalue weighted by Gasteiger charge is -2.26. The Kier molecular flexibility index (Phi) is 4.70. The lowest BCUT2D eigenvalue weighted by molar-refractivity contribution is -0.134.